The van der Waals surface area contributed by atoms with Gasteiger partial charge >= 0.3 is 0 Å². The van der Waals surface area contributed by atoms with Crippen LogP contribution < -0.4 is 24.3 Å². The van der Waals surface area contributed by atoms with Gasteiger partial charge in [-0.25, -0.2) is 0 Å². The molecule has 3 rings (SSSR count). The molecule has 0 saturated heterocycles. The van der Waals surface area contributed by atoms with Gasteiger partial charge in [0.25, 0.3) is 0 Å². The zero-order chi connectivity index (χ0) is 22.8. The van der Waals surface area contributed by atoms with Gasteiger partial charge in [-0.1, -0.05) is 48.5 Å². The number of hydrogen-bond donors (Lipinski definition) is 1. The topological polar surface area (TPSA) is 66.0 Å². The van der Waals surface area contributed by atoms with Crippen molar-refractivity contribution in [3.8, 4) is 23.0 Å². The first-order valence-electron chi connectivity index (χ1n) is 10.4. The second-order valence-electron chi connectivity index (χ2n) is 7.19. The van der Waals surface area contributed by atoms with E-state index in [2.05, 4.69) is 5.32 Å². The quantitative estimate of drug-likeness (QED) is 0.479. The SMILES string of the molecule is COc1cc(CNC(=O)CCc2cccc(OC)c2OC)ccc1OCc1ccccc1. The van der Waals surface area contributed by atoms with E-state index in [4.69, 9.17) is 18.9 Å². The molecule has 32 heavy (non-hydrogen) atoms. The summed E-state index contributed by atoms with van der Waals surface area (Å²) in [6.45, 7) is 0.865. The van der Waals surface area contributed by atoms with Crippen molar-refractivity contribution < 1.29 is 23.7 Å². The molecule has 0 atom stereocenters. The van der Waals surface area contributed by atoms with Crippen molar-refractivity contribution >= 4 is 5.91 Å². The average Bonchev–Trinajstić information content (AvgIpc) is 2.85. The Morgan fingerprint density at radius 1 is 0.781 bits per heavy atom. The van der Waals surface area contributed by atoms with Gasteiger partial charge in [-0.05, 0) is 41.3 Å². The van der Waals surface area contributed by atoms with E-state index >= 15 is 0 Å². The number of carbonyl (C=O) groups is 1. The lowest BCUT2D eigenvalue weighted by Crippen LogP contribution is -2.23. The Bertz CT molecular complexity index is 1020. The minimum absolute atomic E-state index is 0.0433. The molecule has 0 aromatic heterocycles. The summed E-state index contributed by atoms with van der Waals surface area (Å²) < 4.78 is 22.1. The van der Waals surface area contributed by atoms with Gasteiger partial charge in [0, 0.05) is 13.0 Å². The van der Waals surface area contributed by atoms with Gasteiger partial charge in [-0.3, -0.25) is 4.79 Å². The fourth-order valence-corrected chi connectivity index (χ4v) is 3.36. The van der Waals surface area contributed by atoms with Crippen LogP contribution in [0.3, 0.4) is 0 Å². The van der Waals surface area contributed by atoms with Crippen LogP contribution in [0.15, 0.2) is 66.7 Å². The Labute approximate surface area is 189 Å². The number of amides is 1. The van der Waals surface area contributed by atoms with Crippen LogP contribution >= 0.6 is 0 Å². The molecule has 0 fully saturated rings. The Balaban J connectivity index is 1.53. The molecule has 1 N–H and O–H groups in total. The first-order valence-corrected chi connectivity index (χ1v) is 10.4. The molecule has 0 saturated carbocycles. The summed E-state index contributed by atoms with van der Waals surface area (Å²) in [7, 11) is 4.80. The van der Waals surface area contributed by atoms with Gasteiger partial charge in [0.1, 0.15) is 6.61 Å². The molecule has 3 aromatic rings. The Hall–Kier alpha value is -3.67. The Morgan fingerprint density at radius 2 is 1.56 bits per heavy atom. The maximum absolute atomic E-state index is 12.4. The van der Waals surface area contributed by atoms with E-state index in [-0.39, 0.29) is 5.91 Å². The van der Waals surface area contributed by atoms with Gasteiger partial charge in [0.2, 0.25) is 5.91 Å². The van der Waals surface area contributed by atoms with Crippen LogP contribution in [0, 0.1) is 0 Å². The smallest absolute Gasteiger partial charge is 0.220 e. The largest absolute Gasteiger partial charge is 0.493 e. The van der Waals surface area contributed by atoms with Crippen molar-refractivity contribution in [1.82, 2.24) is 5.32 Å². The van der Waals surface area contributed by atoms with Gasteiger partial charge in [0.05, 0.1) is 21.3 Å². The molecule has 0 unspecified atom stereocenters. The number of rotatable bonds is 11. The van der Waals surface area contributed by atoms with E-state index in [1.807, 2.05) is 66.7 Å². The molecule has 6 heteroatoms. The third kappa shape index (κ3) is 6.17. The van der Waals surface area contributed by atoms with E-state index in [9.17, 15) is 4.79 Å². The number of carbonyl (C=O) groups excluding carboxylic acids is 1. The lowest BCUT2D eigenvalue weighted by molar-refractivity contribution is -0.121. The molecule has 0 aliphatic heterocycles. The van der Waals surface area contributed by atoms with E-state index in [0.717, 1.165) is 16.7 Å². The van der Waals surface area contributed by atoms with Crippen LogP contribution in [0.25, 0.3) is 0 Å². The van der Waals surface area contributed by atoms with Crippen molar-refractivity contribution in [3.05, 3.63) is 83.4 Å². The molecule has 6 nitrogen and oxygen atoms in total. The summed E-state index contributed by atoms with van der Waals surface area (Å²) in [4.78, 5) is 12.4. The fraction of sp³-hybridized carbons (Fsp3) is 0.269. The summed E-state index contributed by atoms with van der Waals surface area (Å²) in [5.41, 5.74) is 2.95. The predicted molar refractivity (Wildman–Crippen MR) is 123 cm³/mol. The predicted octanol–water partition coefficient (Wildman–Crippen LogP) is 4.54. The Morgan fingerprint density at radius 3 is 2.28 bits per heavy atom. The first-order chi connectivity index (χ1) is 15.6. The molecular weight excluding hydrogens is 406 g/mol. The molecule has 0 aliphatic rings. The first kappa shape index (κ1) is 23.0. The van der Waals surface area contributed by atoms with Crippen LogP contribution in [0.1, 0.15) is 23.1 Å². The molecule has 3 aromatic carbocycles. The molecule has 0 radical (unpaired) electrons. The summed E-state index contributed by atoms with van der Waals surface area (Å²) >= 11 is 0. The third-order valence-electron chi connectivity index (χ3n) is 5.06. The van der Waals surface area contributed by atoms with Crippen molar-refractivity contribution in [2.75, 3.05) is 21.3 Å². The minimum atomic E-state index is -0.0433. The second kappa shape index (κ2) is 11.6. The maximum atomic E-state index is 12.4. The molecular formula is C26H29NO5. The molecule has 1 amide bonds. The average molecular weight is 436 g/mol. The van der Waals surface area contributed by atoms with Crippen LogP contribution in [-0.2, 0) is 24.4 Å². The van der Waals surface area contributed by atoms with Crippen LogP contribution in [0.2, 0.25) is 0 Å². The normalized spacial score (nSPS) is 10.3. The Kier molecular flexibility index (Phi) is 8.37. The van der Waals surface area contributed by atoms with Gasteiger partial charge in [-0.2, -0.15) is 0 Å². The molecule has 0 bridgehead atoms. The molecule has 0 aliphatic carbocycles. The van der Waals surface area contributed by atoms with E-state index in [1.54, 1.807) is 21.3 Å². The minimum Gasteiger partial charge on any atom is -0.493 e. The summed E-state index contributed by atoms with van der Waals surface area (Å²) in [5, 5.41) is 2.96. The highest BCUT2D eigenvalue weighted by Gasteiger charge is 2.12. The maximum Gasteiger partial charge on any atom is 0.220 e. The number of ether oxygens (including phenoxy) is 4. The highest BCUT2D eigenvalue weighted by atomic mass is 16.5. The van der Waals surface area contributed by atoms with E-state index in [1.165, 1.54) is 0 Å². The highest BCUT2D eigenvalue weighted by molar-refractivity contribution is 5.76. The summed E-state index contributed by atoms with van der Waals surface area (Å²) in [5.74, 6) is 2.58. The second-order valence-corrected chi connectivity index (χ2v) is 7.19. The molecule has 0 heterocycles. The van der Waals surface area contributed by atoms with Crippen LogP contribution in [0.5, 0.6) is 23.0 Å². The molecule has 168 valence electrons. The van der Waals surface area contributed by atoms with Crippen molar-refractivity contribution in [1.29, 1.82) is 0 Å². The number of nitrogens with one attached hydrogen (secondary N) is 1. The summed E-state index contributed by atoms with van der Waals surface area (Å²) in [6, 6.07) is 21.3. The van der Waals surface area contributed by atoms with Crippen LogP contribution in [-0.4, -0.2) is 27.2 Å². The number of benzene rings is 3. The lowest BCUT2D eigenvalue weighted by atomic mass is 10.1. The fourth-order valence-electron chi connectivity index (χ4n) is 3.36. The van der Waals surface area contributed by atoms with E-state index in [0.29, 0.717) is 49.0 Å². The third-order valence-corrected chi connectivity index (χ3v) is 5.06. The highest BCUT2D eigenvalue weighted by Crippen LogP contribution is 2.31. The standard InChI is InChI=1S/C26H29NO5/c1-29-23-11-7-10-21(26(23)31-3)13-15-25(28)27-17-20-12-14-22(24(16-20)30-2)32-18-19-8-5-4-6-9-19/h4-12,14,16H,13,15,17-18H2,1-3H3,(H,27,28). The zero-order valence-electron chi connectivity index (χ0n) is 18.7. The number of methoxy groups -OCH3 is 3. The van der Waals surface area contributed by atoms with Crippen LogP contribution in [0.4, 0.5) is 0 Å². The van der Waals surface area contributed by atoms with Crippen molar-refractivity contribution in [2.45, 2.75) is 26.0 Å². The van der Waals surface area contributed by atoms with Crippen molar-refractivity contribution in [3.63, 3.8) is 0 Å². The molecule has 0 spiro atoms. The van der Waals surface area contributed by atoms with Crippen molar-refractivity contribution in [2.24, 2.45) is 0 Å². The number of aryl methyl sites for hydroxylation is 1. The zero-order valence-corrected chi connectivity index (χ0v) is 18.7. The van der Waals surface area contributed by atoms with Gasteiger partial charge in [-0.15, -0.1) is 0 Å². The summed E-state index contributed by atoms with van der Waals surface area (Å²) in [6.07, 6.45) is 0.903. The van der Waals surface area contributed by atoms with Gasteiger partial charge in [0.15, 0.2) is 23.0 Å². The number of para-hydroxylation sites is 1. The monoisotopic (exact) mass is 435 g/mol. The van der Waals surface area contributed by atoms with Gasteiger partial charge < -0.3 is 24.3 Å². The number of hydrogen-bond acceptors (Lipinski definition) is 5. The van der Waals surface area contributed by atoms with E-state index < -0.39 is 0 Å². The lowest BCUT2D eigenvalue weighted by Gasteiger charge is -2.13.